The van der Waals surface area contributed by atoms with Gasteiger partial charge in [0.05, 0.1) is 6.10 Å². The molecule has 1 N–H and O–H groups in total. The van der Waals surface area contributed by atoms with Gasteiger partial charge in [-0.3, -0.25) is 0 Å². The van der Waals surface area contributed by atoms with E-state index in [9.17, 15) is 5.11 Å². The number of aromatic nitrogens is 2. The van der Waals surface area contributed by atoms with E-state index in [4.69, 9.17) is 0 Å². The maximum atomic E-state index is 9.68. The van der Waals surface area contributed by atoms with Crippen LogP contribution in [-0.4, -0.2) is 21.2 Å². The summed E-state index contributed by atoms with van der Waals surface area (Å²) < 4.78 is 0. The predicted octanol–water partition coefficient (Wildman–Crippen LogP) is 1.91. The maximum Gasteiger partial charge on any atom is 0.115 e. The molecule has 1 heterocycles. The molecule has 1 rings (SSSR count). The monoisotopic (exact) mass is 194 g/mol. The molecule has 0 aromatic carbocycles. The number of hydrogen-bond acceptors (Lipinski definition) is 3. The number of rotatable bonds is 4. The largest absolute Gasteiger partial charge is 0.392 e. The molecule has 0 fully saturated rings. The van der Waals surface area contributed by atoms with Gasteiger partial charge in [0.1, 0.15) is 6.33 Å². The van der Waals surface area contributed by atoms with Gasteiger partial charge in [0.15, 0.2) is 0 Å². The van der Waals surface area contributed by atoms with E-state index in [-0.39, 0.29) is 12.0 Å². The van der Waals surface area contributed by atoms with Crippen molar-refractivity contribution in [2.45, 2.75) is 45.6 Å². The van der Waals surface area contributed by atoms with E-state index in [2.05, 4.69) is 16.9 Å². The number of nitrogens with zero attached hydrogens (tertiary/aromatic N) is 2. The molecule has 0 aliphatic rings. The summed E-state index contributed by atoms with van der Waals surface area (Å²) in [5.74, 6) is 0.0910. The van der Waals surface area contributed by atoms with Crippen molar-refractivity contribution in [3.05, 3.63) is 23.8 Å². The Morgan fingerprint density at radius 1 is 1.36 bits per heavy atom. The van der Waals surface area contributed by atoms with Crippen LogP contribution in [0.2, 0.25) is 0 Å². The molecule has 0 amide bonds. The summed E-state index contributed by atoms with van der Waals surface area (Å²) in [6, 6.07) is 1.98. The molecule has 0 saturated carbocycles. The summed E-state index contributed by atoms with van der Waals surface area (Å²) in [4.78, 5) is 8.32. The second-order valence-electron chi connectivity index (χ2n) is 3.55. The van der Waals surface area contributed by atoms with E-state index < -0.39 is 0 Å². The quantitative estimate of drug-likeness (QED) is 0.796. The molecule has 0 bridgehead atoms. The molecule has 3 nitrogen and oxygen atoms in total. The maximum absolute atomic E-state index is 9.68. The normalized spacial score (nSPS) is 15.1. The molecule has 1 aromatic rings. The lowest BCUT2D eigenvalue weighted by Gasteiger charge is -2.16. The highest BCUT2D eigenvalue weighted by atomic mass is 16.3. The number of aliphatic hydroxyl groups is 1. The molecule has 0 saturated heterocycles. The zero-order chi connectivity index (χ0) is 10.6. The van der Waals surface area contributed by atoms with Crippen LogP contribution in [0.4, 0.5) is 0 Å². The Balaban J connectivity index is 2.83. The number of hydrogen-bond donors (Lipinski definition) is 1. The zero-order valence-corrected chi connectivity index (χ0v) is 9.07. The fraction of sp³-hybridized carbons (Fsp3) is 0.636. The van der Waals surface area contributed by atoms with Crippen molar-refractivity contribution < 1.29 is 5.11 Å². The van der Waals surface area contributed by atoms with Crippen LogP contribution in [0.1, 0.15) is 44.5 Å². The first-order chi connectivity index (χ1) is 6.69. The van der Waals surface area contributed by atoms with Gasteiger partial charge in [-0.25, -0.2) is 9.97 Å². The van der Waals surface area contributed by atoms with E-state index in [1.807, 2.05) is 19.9 Å². The standard InChI is InChI=1S/C11H18N2O/c1-4-9-6-10(13-7-12-9)8(3)11(14)5-2/h6-8,11,14H,4-5H2,1-3H3. The lowest BCUT2D eigenvalue weighted by molar-refractivity contribution is 0.143. The minimum absolute atomic E-state index is 0.0910. The molecule has 3 heteroatoms. The van der Waals surface area contributed by atoms with Crippen molar-refractivity contribution >= 4 is 0 Å². The minimum atomic E-state index is -0.311. The number of aryl methyl sites for hydroxylation is 1. The van der Waals surface area contributed by atoms with Gasteiger partial charge in [-0.05, 0) is 18.9 Å². The van der Waals surface area contributed by atoms with Crippen molar-refractivity contribution in [1.82, 2.24) is 9.97 Å². The molecule has 1 aromatic heterocycles. The fourth-order valence-electron chi connectivity index (χ4n) is 1.41. The second-order valence-corrected chi connectivity index (χ2v) is 3.55. The highest BCUT2D eigenvalue weighted by molar-refractivity contribution is 5.13. The van der Waals surface area contributed by atoms with Gasteiger partial charge >= 0.3 is 0 Å². The molecule has 0 aliphatic carbocycles. The van der Waals surface area contributed by atoms with Crippen LogP contribution < -0.4 is 0 Å². The first-order valence-corrected chi connectivity index (χ1v) is 5.17. The van der Waals surface area contributed by atoms with Crippen LogP contribution in [0.15, 0.2) is 12.4 Å². The first-order valence-electron chi connectivity index (χ1n) is 5.17. The molecule has 0 aliphatic heterocycles. The van der Waals surface area contributed by atoms with Crippen molar-refractivity contribution in [1.29, 1.82) is 0 Å². The third kappa shape index (κ3) is 2.51. The Labute approximate surface area is 85.2 Å². The highest BCUT2D eigenvalue weighted by Gasteiger charge is 2.15. The van der Waals surface area contributed by atoms with Gasteiger partial charge in [-0.1, -0.05) is 20.8 Å². The van der Waals surface area contributed by atoms with Crippen molar-refractivity contribution in [3.8, 4) is 0 Å². The molecular weight excluding hydrogens is 176 g/mol. The van der Waals surface area contributed by atoms with Crippen LogP contribution in [0.3, 0.4) is 0 Å². The SMILES string of the molecule is CCc1cc(C(C)C(O)CC)ncn1. The lowest BCUT2D eigenvalue weighted by Crippen LogP contribution is -2.16. The summed E-state index contributed by atoms with van der Waals surface area (Å²) in [6.45, 7) is 6.03. The summed E-state index contributed by atoms with van der Waals surface area (Å²) in [5.41, 5.74) is 1.97. The fourth-order valence-corrected chi connectivity index (χ4v) is 1.41. The molecular formula is C11H18N2O. The van der Waals surface area contributed by atoms with Gasteiger partial charge in [0.2, 0.25) is 0 Å². The van der Waals surface area contributed by atoms with Crippen molar-refractivity contribution in [2.24, 2.45) is 0 Å². The van der Waals surface area contributed by atoms with Gasteiger partial charge in [0.25, 0.3) is 0 Å². The molecule has 78 valence electrons. The minimum Gasteiger partial charge on any atom is -0.392 e. The van der Waals surface area contributed by atoms with Crippen LogP contribution in [-0.2, 0) is 6.42 Å². The summed E-state index contributed by atoms with van der Waals surface area (Å²) in [5, 5.41) is 9.68. The smallest absolute Gasteiger partial charge is 0.115 e. The van der Waals surface area contributed by atoms with Crippen LogP contribution in [0.5, 0.6) is 0 Å². The van der Waals surface area contributed by atoms with Crippen LogP contribution >= 0.6 is 0 Å². The van der Waals surface area contributed by atoms with E-state index >= 15 is 0 Å². The van der Waals surface area contributed by atoms with Gasteiger partial charge < -0.3 is 5.11 Å². The third-order valence-electron chi connectivity index (χ3n) is 2.57. The average molecular weight is 194 g/mol. The summed E-state index contributed by atoms with van der Waals surface area (Å²) in [7, 11) is 0. The highest BCUT2D eigenvalue weighted by Crippen LogP contribution is 2.19. The Hall–Kier alpha value is -0.960. The van der Waals surface area contributed by atoms with E-state index in [0.29, 0.717) is 0 Å². The molecule has 0 spiro atoms. The Bertz CT molecular complexity index is 288. The molecule has 14 heavy (non-hydrogen) atoms. The van der Waals surface area contributed by atoms with Gasteiger partial charge in [-0.15, -0.1) is 0 Å². The van der Waals surface area contributed by atoms with E-state index in [0.717, 1.165) is 24.2 Å². The van der Waals surface area contributed by atoms with Gasteiger partial charge in [-0.2, -0.15) is 0 Å². The van der Waals surface area contributed by atoms with Crippen LogP contribution in [0, 0.1) is 0 Å². The third-order valence-corrected chi connectivity index (χ3v) is 2.57. The predicted molar refractivity (Wildman–Crippen MR) is 56.1 cm³/mol. The van der Waals surface area contributed by atoms with Gasteiger partial charge in [0, 0.05) is 17.3 Å². The Morgan fingerprint density at radius 3 is 2.64 bits per heavy atom. The Kier molecular flexibility index (Phi) is 4.01. The van der Waals surface area contributed by atoms with Crippen molar-refractivity contribution in [2.75, 3.05) is 0 Å². The molecule has 2 unspecified atom stereocenters. The molecule has 2 atom stereocenters. The first kappa shape index (κ1) is 11.1. The summed E-state index contributed by atoms with van der Waals surface area (Å²) >= 11 is 0. The Morgan fingerprint density at radius 2 is 2.07 bits per heavy atom. The van der Waals surface area contributed by atoms with E-state index in [1.165, 1.54) is 0 Å². The number of aliphatic hydroxyl groups excluding tert-OH is 1. The molecule has 0 radical (unpaired) electrons. The van der Waals surface area contributed by atoms with Crippen LogP contribution in [0.25, 0.3) is 0 Å². The summed E-state index contributed by atoms with van der Waals surface area (Å²) in [6.07, 6.45) is 2.93. The van der Waals surface area contributed by atoms with E-state index in [1.54, 1.807) is 6.33 Å². The topological polar surface area (TPSA) is 46.0 Å². The zero-order valence-electron chi connectivity index (χ0n) is 9.07. The second kappa shape index (κ2) is 5.05. The average Bonchev–Trinajstić information content (AvgIpc) is 2.27. The lowest BCUT2D eigenvalue weighted by atomic mass is 9.98. The van der Waals surface area contributed by atoms with Crippen molar-refractivity contribution in [3.63, 3.8) is 0 Å².